The van der Waals surface area contributed by atoms with Crippen LogP contribution in [0.2, 0.25) is 0 Å². The van der Waals surface area contributed by atoms with Gasteiger partial charge in [0.15, 0.2) is 0 Å². The normalized spacial score (nSPS) is 12.1. The van der Waals surface area contributed by atoms with E-state index < -0.39 is 16.8 Å². The van der Waals surface area contributed by atoms with Crippen LogP contribution >= 0.6 is 0 Å². The van der Waals surface area contributed by atoms with Crippen LogP contribution in [-0.2, 0) is 16.6 Å². The molecule has 2 aromatic rings. The van der Waals surface area contributed by atoms with Crippen LogP contribution in [0.15, 0.2) is 53.4 Å². The Bertz CT molecular complexity index is 635. The van der Waals surface area contributed by atoms with Crippen LogP contribution in [-0.4, -0.2) is 15.3 Å². The summed E-state index contributed by atoms with van der Waals surface area (Å²) in [6.45, 7) is 1.97. The Morgan fingerprint density at radius 2 is 1.89 bits per heavy atom. The number of carbonyl (C=O) groups is 1. The Morgan fingerprint density at radius 1 is 1.16 bits per heavy atom. The molecule has 0 saturated heterocycles. The van der Waals surface area contributed by atoms with Crippen molar-refractivity contribution in [2.75, 3.05) is 0 Å². The summed E-state index contributed by atoms with van der Waals surface area (Å²) in [6.07, 6.45) is 0. The highest BCUT2D eigenvalue weighted by Crippen LogP contribution is 2.17. The number of aryl methyl sites for hydroxylation is 1. The summed E-state index contributed by atoms with van der Waals surface area (Å²) in [5.74, 6) is -0.723. The fourth-order valence-electron chi connectivity index (χ4n) is 1.87. The first-order valence-corrected chi connectivity index (χ1v) is 7.16. The van der Waals surface area contributed by atoms with Crippen LogP contribution in [0.25, 0.3) is 0 Å². The SMILES string of the molecule is Cc1cccc(CS(=O)c2ccccc2C(=O)O)c1. The van der Waals surface area contributed by atoms with Crippen LogP contribution in [0.4, 0.5) is 0 Å². The standard InChI is InChI=1S/C15H14O3S/c1-11-5-4-6-12(9-11)10-19(18)14-8-3-2-7-13(14)15(16)17/h2-9H,10H2,1H3,(H,16,17). The Labute approximate surface area is 114 Å². The maximum Gasteiger partial charge on any atom is 0.336 e. The third-order valence-corrected chi connectivity index (χ3v) is 4.19. The second-order valence-electron chi connectivity index (χ2n) is 4.28. The number of rotatable bonds is 4. The Hall–Kier alpha value is -1.94. The maximum atomic E-state index is 12.3. The van der Waals surface area contributed by atoms with Crippen molar-refractivity contribution in [3.05, 3.63) is 65.2 Å². The zero-order valence-electron chi connectivity index (χ0n) is 10.5. The number of benzene rings is 2. The summed E-state index contributed by atoms with van der Waals surface area (Å²) in [7, 11) is -1.36. The number of hydrogen-bond acceptors (Lipinski definition) is 2. The third-order valence-electron chi connectivity index (χ3n) is 2.74. The van der Waals surface area contributed by atoms with Gasteiger partial charge in [-0.15, -0.1) is 0 Å². The molecule has 0 spiro atoms. The first-order chi connectivity index (χ1) is 9.08. The largest absolute Gasteiger partial charge is 0.478 e. The smallest absolute Gasteiger partial charge is 0.336 e. The molecule has 0 aromatic heterocycles. The highest BCUT2D eigenvalue weighted by Gasteiger charge is 2.14. The molecule has 0 heterocycles. The Kier molecular flexibility index (Phi) is 4.12. The van der Waals surface area contributed by atoms with Gasteiger partial charge in [-0.2, -0.15) is 0 Å². The molecule has 0 bridgehead atoms. The lowest BCUT2D eigenvalue weighted by Crippen LogP contribution is -2.05. The third kappa shape index (κ3) is 3.29. The first kappa shape index (κ1) is 13.5. The van der Waals surface area contributed by atoms with Crippen molar-refractivity contribution in [1.29, 1.82) is 0 Å². The number of carboxylic acid groups (broad SMARTS) is 1. The van der Waals surface area contributed by atoms with Gasteiger partial charge in [0.05, 0.1) is 27.0 Å². The summed E-state index contributed by atoms with van der Waals surface area (Å²) < 4.78 is 12.3. The highest BCUT2D eigenvalue weighted by molar-refractivity contribution is 7.84. The molecule has 0 radical (unpaired) electrons. The minimum atomic E-state index is -1.36. The second-order valence-corrected chi connectivity index (χ2v) is 5.70. The molecule has 2 aromatic carbocycles. The zero-order chi connectivity index (χ0) is 13.8. The average molecular weight is 274 g/mol. The van der Waals surface area contributed by atoms with Crippen molar-refractivity contribution < 1.29 is 14.1 Å². The highest BCUT2D eigenvalue weighted by atomic mass is 32.2. The summed E-state index contributed by atoms with van der Waals surface area (Å²) in [6, 6.07) is 14.2. The van der Waals surface area contributed by atoms with Gasteiger partial charge in [0.1, 0.15) is 0 Å². The lowest BCUT2D eigenvalue weighted by molar-refractivity contribution is 0.0693. The number of carboxylic acids is 1. The van der Waals surface area contributed by atoms with Crippen molar-refractivity contribution in [2.45, 2.75) is 17.6 Å². The topological polar surface area (TPSA) is 54.4 Å². The van der Waals surface area contributed by atoms with E-state index in [-0.39, 0.29) is 5.56 Å². The van der Waals surface area contributed by atoms with E-state index in [2.05, 4.69) is 0 Å². The molecule has 1 N–H and O–H groups in total. The molecule has 0 fully saturated rings. The molecule has 19 heavy (non-hydrogen) atoms. The molecule has 2 rings (SSSR count). The van der Waals surface area contributed by atoms with Crippen LogP contribution in [0.1, 0.15) is 21.5 Å². The molecule has 0 saturated carbocycles. The Morgan fingerprint density at radius 3 is 2.58 bits per heavy atom. The molecular weight excluding hydrogens is 260 g/mol. The lowest BCUT2D eigenvalue weighted by Gasteiger charge is -2.06. The fourth-order valence-corrected chi connectivity index (χ4v) is 3.14. The minimum absolute atomic E-state index is 0.105. The second kappa shape index (κ2) is 5.80. The molecule has 3 nitrogen and oxygen atoms in total. The quantitative estimate of drug-likeness (QED) is 0.932. The minimum Gasteiger partial charge on any atom is -0.478 e. The van der Waals surface area contributed by atoms with Gasteiger partial charge >= 0.3 is 5.97 Å². The van der Waals surface area contributed by atoms with Gasteiger partial charge in [0.25, 0.3) is 0 Å². The predicted octanol–water partition coefficient (Wildman–Crippen LogP) is 3.00. The van der Waals surface area contributed by atoms with Crippen LogP contribution in [0.3, 0.4) is 0 Å². The van der Waals surface area contributed by atoms with Gasteiger partial charge in [-0.3, -0.25) is 4.21 Å². The average Bonchev–Trinajstić information content (AvgIpc) is 2.38. The number of hydrogen-bond donors (Lipinski definition) is 1. The fraction of sp³-hybridized carbons (Fsp3) is 0.133. The van der Waals surface area contributed by atoms with Crippen LogP contribution < -0.4 is 0 Å². The van der Waals surface area contributed by atoms with E-state index in [9.17, 15) is 9.00 Å². The molecule has 1 unspecified atom stereocenters. The van der Waals surface area contributed by atoms with Crippen LogP contribution in [0.5, 0.6) is 0 Å². The Balaban J connectivity index is 2.28. The van der Waals surface area contributed by atoms with Crippen molar-refractivity contribution in [3.8, 4) is 0 Å². The van der Waals surface area contributed by atoms with E-state index >= 15 is 0 Å². The van der Waals surface area contributed by atoms with Crippen molar-refractivity contribution in [1.82, 2.24) is 0 Å². The molecule has 98 valence electrons. The van der Waals surface area contributed by atoms with E-state index in [1.165, 1.54) is 6.07 Å². The van der Waals surface area contributed by atoms with Gasteiger partial charge in [-0.1, -0.05) is 42.0 Å². The van der Waals surface area contributed by atoms with Crippen molar-refractivity contribution >= 4 is 16.8 Å². The van der Waals surface area contributed by atoms with Gasteiger partial charge in [-0.05, 0) is 24.6 Å². The van der Waals surface area contributed by atoms with Gasteiger partial charge < -0.3 is 5.11 Å². The van der Waals surface area contributed by atoms with E-state index in [0.29, 0.717) is 10.6 Å². The molecule has 0 aliphatic carbocycles. The zero-order valence-corrected chi connectivity index (χ0v) is 11.3. The molecule has 0 aliphatic heterocycles. The summed E-state index contributed by atoms with van der Waals surface area (Å²) in [4.78, 5) is 11.5. The van der Waals surface area contributed by atoms with E-state index in [1.807, 2.05) is 31.2 Å². The monoisotopic (exact) mass is 274 g/mol. The predicted molar refractivity (Wildman–Crippen MR) is 74.7 cm³/mol. The van der Waals surface area contributed by atoms with E-state index in [0.717, 1.165) is 11.1 Å². The van der Waals surface area contributed by atoms with Gasteiger partial charge in [0, 0.05) is 0 Å². The summed E-state index contributed by atoms with van der Waals surface area (Å²) in [5, 5.41) is 9.09. The molecule has 4 heteroatoms. The van der Waals surface area contributed by atoms with Crippen LogP contribution in [0, 0.1) is 6.92 Å². The number of aromatic carboxylic acids is 1. The van der Waals surface area contributed by atoms with E-state index in [1.54, 1.807) is 18.2 Å². The summed E-state index contributed by atoms with van der Waals surface area (Å²) in [5.41, 5.74) is 2.15. The maximum absolute atomic E-state index is 12.3. The van der Waals surface area contributed by atoms with Gasteiger partial charge in [-0.25, -0.2) is 4.79 Å². The molecule has 0 amide bonds. The molecule has 1 atom stereocenters. The molecule has 0 aliphatic rings. The van der Waals surface area contributed by atoms with Crippen molar-refractivity contribution in [2.24, 2.45) is 0 Å². The lowest BCUT2D eigenvalue weighted by atomic mass is 10.2. The molecular formula is C15H14O3S. The van der Waals surface area contributed by atoms with E-state index in [4.69, 9.17) is 5.11 Å². The van der Waals surface area contributed by atoms with Crippen molar-refractivity contribution in [3.63, 3.8) is 0 Å². The summed E-state index contributed by atoms with van der Waals surface area (Å²) >= 11 is 0. The first-order valence-electron chi connectivity index (χ1n) is 5.84. The van der Waals surface area contributed by atoms with Gasteiger partial charge in [0.2, 0.25) is 0 Å².